The number of pyridine rings is 1. The van der Waals surface area contributed by atoms with Gasteiger partial charge in [-0.25, -0.2) is 4.98 Å². The predicted octanol–water partition coefficient (Wildman–Crippen LogP) is 1.65. The van der Waals surface area contributed by atoms with Crippen molar-refractivity contribution in [2.24, 2.45) is 0 Å². The van der Waals surface area contributed by atoms with Gasteiger partial charge in [0.1, 0.15) is 4.60 Å². The number of aliphatic hydroxyl groups is 1. The number of hydrogen-bond acceptors (Lipinski definition) is 3. The van der Waals surface area contributed by atoms with Crippen LogP contribution in [0.2, 0.25) is 0 Å². The highest BCUT2D eigenvalue weighted by atomic mass is 127. The van der Waals surface area contributed by atoms with E-state index in [9.17, 15) is 5.11 Å². The highest BCUT2D eigenvalue weighted by molar-refractivity contribution is 14.1. The van der Waals surface area contributed by atoms with Crippen LogP contribution in [0.4, 0.5) is 0 Å². The SMILES string of the molecule is OCc1cc(I)c(O)c(Br)n1. The lowest BCUT2D eigenvalue weighted by molar-refractivity contribution is 0.276. The van der Waals surface area contributed by atoms with Crippen molar-refractivity contribution in [3.63, 3.8) is 0 Å². The van der Waals surface area contributed by atoms with Crippen molar-refractivity contribution in [1.82, 2.24) is 4.98 Å². The molecule has 0 atom stereocenters. The minimum Gasteiger partial charge on any atom is -0.504 e. The molecule has 0 radical (unpaired) electrons. The van der Waals surface area contributed by atoms with Gasteiger partial charge in [-0.15, -0.1) is 0 Å². The van der Waals surface area contributed by atoms with E-state index in [1.54, 1.807) is 6.07 Å². The Morgan fingerprint density at radius 1 is 1.64 bits per heavy atom. The van der Waals surface area contributed by atoms with Crippen molar-refractivity contribution in [3.8, 4) is 5.75 Å². The number of aromatic nitrogens is 1. The largest absolute Gasteiger partial charge is 0.504 e. The second kappa shape index (κ2) is 3.68. The third kappa shape index (κ3) is 2.03. The molecule has 2 N–H and O–H groups in total. The number of hydrogen-bond donors (Lipinski definition) is 2. The fraction of sp³-hybridized carbons (Fsp3) is 0.167. The smallest absolute Gasteiger partial charge is 0.161 e. The zero-order chi connectivity index (χ0) is 8.43. The molecule has 1 heterocycles. The molecule has 5 heteroatoms. The molecule has 1 aromatic heterocycles. The zero-order valence-electron chi connectivity index (χ0n) is 5.38. The summed E-state index contributed by atoms with van der Waals surface area (Å²) in [6.45, 7) is -0.116. The second-order valence-corrected chi connectivity index (χ2v) is 3.81. The van der Waals surface area contributed by atoms with E-state index in [0.29, 0.717) is 13.9 Å². The topological polar surface area (TPSA) is 53.4 Å². The van der Waals surface area contributed by atoms with Crippen molar-refractivity contribution < 1.29 is 10.2 Å². The third-order valence-corrected chi connectivity index (χ3v) is 2.49. The van der Waals surface area contributed by atoms with E-state index in [0.717, 1.165) is 0 Å². The number of aliphatic hydroxyl groups excluding tert-OH is 1. The summed E-state index contributed by atoms with van der Waals surface area (Å²) in [5, 5.41) is 17.9. The Bertz CT molecular complexity index is 256. The number of nitrogens with zero attached hydrogens (tertiary/aromatic N) is 1. The first-order valence-corrected chi connectivity index (χ1v) is 4.67. The van der Waals surface area contributed by atoms with Gasteiger partial charge in [-0.1, -0.05) is 0 Å². The molecule has 60 valence electrons. The number of halogens is 2. The first-order valence-electron chi connectivity index (χ1n) is 2.80. The Labute approximate surface area is 85.7 Å². The van der Waals surface area contributed by atoms with E-state index >= 15 is 0 Å². The quantitative estimate of drug-likeness (QED) is 0.608. The molecular weight excluding hydrogens is 325 g/mol. The molecule has 0 saturated carbocycles. The molecule has 11 heavy (non-hydrogen) atoms. The molecule has 0 unspecified atom stereocenters. The van der Waals surface area contributed by atoms with Gasteiger partial charge in [-0.3, -0.25) is 0 Å². The Hall–Kier alpha value is 0.120. The molecule has 0 aliphatic rings. The maximum atomic E-state index is 9.23. The molecule has 0 aliphatic carbocycles. The van der Waals surface area contributed by atoms with Crippen molar-refractivity contribution >= 4 is 38.5 Å². The van der Waals surface area contributed by atoms with Crippen LogP contribution in [0.25, 0.3) is 0 Å². The second-order valence-electron chi connectivity index (χ2n) is 1.89. The van der Waals surface area contributed by atoms with E-state index in [1.807, 2.05) is 22.6 Å². The maximum absolute atomic E-state index is 9.23. The van der Waals surface area contributed by atoms with Gasteiger partial charge in [0.2, 0.25) is 0 Å². The zero-order valence-corrected chi connectivity index (χ0v) is 9.13. The number of rotatable bonds is 1. The van der Waals surface area contributed by atoms with Gasteiger partial charge >= 0.3 is 0 Å². The van der Waals surface area contributed by atoms with Crippen LogP contribution in [0.1, 0.15) is 5.69 Å². The molecular formula is C6H5BrINO2. The summed E-state index contributed by atoms with van der Waals surface area (Å²) in [6.07, 6.45) is 0. The normalized spacial score (nSPS) is 10.1. The van der Waals surface area contributed by atoms with Gasteiger partial charge in [0.05, 0.1) is 15.9 Å². The van der Waals surface area contributed by atoms with Gasteiger partial charge < -0.3 is 10.2 Å². The summed E-state index contributed by atoms with van der Waals surface area (Å²) < 4.78 is 1.04. The lowest BCUT2D eigenvalue weighted by atomic mass is 10.3. The van der Waals surface area contributed by atoms with Crippen molar-refractivity contribution in [1.29, 1.82) is 0 Å². The van der Waals surface area contributed by atoms with Crippen LogP contribution in [-0.2, 0) is 6.61 Å². The van der Waals surface area contributed by atoms with Crippen LogP contribution in [0.15, 0.2) is 10.7 Å². The average molecular weight is 330 g/mol. The van der Waals surface area contributed by atoms with E-state index in [1.165, 1.54) is 0 Å². The first-order chi connectivity index (χ1) is 5.15. The average Bonchev–Trinajstić information content (AvgIpc) is 1.99. The van der Waals surface area contributed by atoms with Crippen LogP contribution in [0.5, 0.6) is 5.75 Å². The standard InChI is InChI=1S/C6H5BrINO2/c7-6-5(11)4(8)1-3(2-10)9-6/h1,10-11H,2H2. The van der Waals surface area contributed by atoms with Crippen LogP contribution in [0.3, 0.4) is 0 Å². The molecule has 0 amide bonds. The summed E-state index contributed by atoms with van der Waals surface area (Å²) in [5.74, 6) is 0.114. The summed E-state index contributed by atoms with van der Waals surface area (Å²) in [5.41, 5.74) is 0.541. The molecule has 1 rings (SSSR count). The molecule has 0 fully saturated rings. The van der Waals surface area contributed by atoms with Crippen molar-refractivity contribution in [3.05, 3.63) is 19.9 Å². The Kier molecular flexibility index (Phi) is 3.08. The lowest BCUT2D eigenvalue weighted by Crippen LogP contribution is -1.91. The van der Waals surface area contributed by atoms with Gasteiger partial charge in [-0.05, 0) is 44.6 Å². The van der Waals surface area contributed by atoms with Crippen LogP contribution < -0.4 is 0 Å². The molecule has 0 saturated heterocycles. The fourth-order valence-corrected chi connectivity index (χ4v) is 2.03. The summed E-state index contributed by atoms with van der Waals surface area (Å²) in [7, 11) is 0. The van der Waals surface area contributed by atoms with Crippen molar-refractivity contribution in [2.45, 2.75) is 6.61 Å². The van der Waals surface area contributed by atoms with E-state index in [-0.39, 0.29) is 12.4 Å². The minimum atomic E-state index is -0.116. The van der Waals surface area contributed by atoms with Gasteiger partial charge in [0.25, 0.3) is 0 Å². The summed E-state index contributed by atoms with van der Waals surface area (Å²) in [4.78, 5) is 3.86. The van der Waals surface area contributed by atoms with Gasteiger partial charge in [0.15, 0.2) is 5.75 Å². The molecule has 0 aromatic carbocycles. The minimum absolute atomic E-state index is 0.114. The van der Waals surface area contributed by atoms with Crippen LogP contribution >= 0.6 is 38.5 Å². The Morgan fingerprint density at radius 2 is 2.27 bits per heavy atom. The highest BCUT2D eigenvalue weighted by Crippen LogP contribution is 2.27. The van der Waals surface area contributed by atoms with E-state index in [4.69, 9.17) is 5.11 Å². The molecule has 0 aliphatic heterocycles. The summed E-state index contributed by atoms with van der Waals surface area (Å²) in [6, 6.07) is 1.63. The van der Waals surface area contributed by atoms with Gasteiger partial charge in [0, 0.05) is 0 Å². The van der Waals surface area contributed by atoms with Crippen LogP contribution in [-0.4, -0.2) is 15.2 Å². The number of aromatic hydroxyl groups is 1. The van der Waals surface area contributed by atoms with E-state index in [2.05, 4.69) is 20.9 Å². The molecule has 3 nitrogen and oxygen atoms in total. The lowest BCUT2D eigenvalue weighted by Gasteiger charge is -2.01. The van der Waals surface area contributed by atoms with E-state index < -0.39 is 0 Å². The fourth-order valence-electron chi connectivity index (χ4n) is 0.605. The Balaban J connectivity index is 3.21. The Morgan fingerprint density at radius 3 is 2.73 bits per heavy atom. The van der Waals surface area contributed by atoms with Gasteiger partial charge in [-0.2, -0.15) is 0 Å². The van der Waals surface area contributed by atoms with Crippen molar-refractivity contribution in [2.75, 3.05) is 0 Å². The monoisotopic (exact) mass is 329 g/mol. The third-order valence-electron chi connectivity index (χ3n) is 1.12. The summed E-state index contributed by atoms with van der Waals surface area (Å²) >= 11 is 5.03. The molecule has 0 bridgehead atoms. The highest BCUT2D eigenvalue weighted by Gasteiger charge is 2.05. The maximum Gasteiger partial charge on any atom is 0.161 e. The predicted molar refractivity (Wildman–Crippen MR) is 52.2 cm³/mol. The first kappa shape index (κ1) is 9.21. The molecule has 1 aromatic rings. The van der Waals surface area contributed by atoms with Crippen LogP contribution in [0, 0.1) is 3.57 Å². The molecule has 0 spiro atoms.